The Bertz CT molecular complexity index is 720. The zero-order valence-electron chi connectivity index (χ0n) is 15.9. The molecule has 3 rings (SSSR count). The van der Waals surface area contributed by atoms with Crippen molar-refractivity contribution in [1.29, 1.82) is 0 Å². The molecule has 1 aliphatic rings. The standard InChI is InChI=1S/C20H30N4O2/c1-13(2)15-7-6-14(3)11-16(15)20(25)22-19-12-17(18-5-4-10-26-18)23-24(19)9-8-21/h4-5,10,12-16H,6-9,11,21H2,1-3H3,(H,22,25). The van der Waals surface area contributed by atoms with E-state index in [2.05, 4.69) is 31.2 Å². The van der Waals surface area contributed by atoms with E-state index in [-0.39, 0.29) is 11.8 Å². The highest BCUT2D eigenvalue weighted by molar-refractivity contribution is 5.92. The van der Waals surface area contributed by atoms with Crippen molar-refractivity contribution in [2.75, 3.05) is 11.9 Å². The largest absolute Gasteiger partial charge is 0.463 e. The molecule has 0 bridgehead atoms. The highest BCUT2D eigenvalue weighted by Crippen LogP contribution is 2.38. The van der Waals surface area contributed by atoms with Crippen LogP contribution in [0.5, 0.6) is 0 Å². The molecule has 3 unspecified atom stereocenters. The maximum atomic E-state index is 13.1. The van der Waals surface area contributed by atoms with E-state index in [9.17, 15) is 4.79 Å². The Balaban J connectivity index is 1.81. The van der Waals surface area contributed by atoms with Gasteiger partial charge in [-0.25, -0.2) is 4.68 Å². The third-order valence-electron chi connectivity index (χ3n) is 5.50. The minimum absolute atomic E-state index is 0.0482. The molecule has 1 aliphatic carbocycles. The summed E-state index contributed by atoms with van der Waals surface area (Å²) in [5, 5.41) is 7.65. The second-order valence-electron chi connectivity index (χ2n) is 7.83. The smallest absolute Gasteiger partial charge is 0.228 e. The summed E-state index contributed by atoms with van der Waals surface area (Å²) in [7, 11) is 0. The van der Waals surface area contributed by atoms with Crippen molar-refractivity contribution < 1.29 is 9.21 Å². The normalized spacial score (nSPS) is 23.3. The minimum Gasteiger partial charge on any atom is -0.463 e. The lowest BCUT2D eigenvalue weighted by molar-refractivity contribution is -0.124. The lowest BCUT2D eigenvalue weighted by atomic mass is 9.70. The van der Waals surface area contributed by atoms with Gasteiger partial charge < -0.3 is 15.5 Å². The lowest BCUT2D eigenvalue weighted by Gasteiger charge is -2.36. The number of anilines is 1. The van der Waals surface area contributed by atoms with Crippen LogP contribution in [0.3, 0.4) is 0 Å². The fraction of sp³-hybridized carbons (Fsp3) is 0.600. The van der Waals surface area contributed by atoms with Crippen molar-refractivity contribution in [2.45, 2.75) is 46.6 Å². The maximum Gasteiger partial charge on any atom is 0.228 e. The fourth-order valence-corrected chi connectivity index (χ4v) is 4.08. The van der Waals surface area contributed by atoms with Crippen LogP contribution in [0.1, 0.15) is 40.0 Å². The number of nitrogens with zero attached hydrogens (tertiary/aromatic N) is 2. The summed E-state index contributed by atoms with van der Waals surface area (Å²) in [5.74, 6) is 3.04. The molecule has 0 aliphatic heterocycles. The fourth-order valence-electron chi connectivity index (χ4n) is 4.08. The number of carbonyl (C=O) groups excluding carboxylic acids is 1. The predicted molar refractivity (Wildman–Crippen MR) is 102 cm³/mol. The van der Waals surface area contributed by atoms with Crippen LogP contribution in [0.25, 0.3) is 11.5 Å². The second-order valence-corrected chi connectivity index (χ2v) is 7.83. The van der Waals surface area contributed by atoms with Gasteiger partial charge in [0.25, 0.3) is 0 Å². The van der Waals surface area contributed by atoms with E-state index >= 15 is 0 Å². The number of furan rings is 1. The molecular formula is C20H30N4O2. The van der Waals surface area contributed by atoms with Crippen LogP contribution < -0.4 is 11.1 Å². The van der Waals surface area contributed by atoms with Crippen molar-refractivity contribution in [3.8, 4) is 11.5 Å². The Hall–Kier alpha value is -2.08. The summed E-state index contributed by atoms with van der Waals surface area (Å²) < 4.78 is 7.19. The van der Waals surface area contributed by atoms with Gasteiger partial charge in [0, 0.05) is 18.5 Å². The summed E-state index contributed by atoms with van der Waals surface area (Å²) in [4.78, 5) is 13.1. The van der Waals surface area contributed by atoms with Gasteiger partial charge in [-0.05, 0) is 42.7 Å². The van der Waals surface area contributed by atoms with Gasteiger partial charge in [0.15, 0.2) is 5.76 Å². The quantitative estimate of drug-likeness (QED) is 0.823. The number of hydrogen-bond acceptors (Lipinski definition) is 4. The molecule has 1 amide bonds. The van der Waals surface area contributed by atoms with Gasteiger partial charge in [-0.1, -0.05) is 27.2 Å². The Morgan fingerprint density at radius 1 is 1.46 bits per heavy atom. The molecule has 6 heteroatoms. The Kier molecular flexibility index (Phi) is 5.81. The molecule has 1 fully saturated rings. The summed E-state index contributed by atoms with van der Waals surface area (Å²) in [6.07, 6.45) is 4.90. The molecule has 3 N–H and O–H groups in total. The van der Waals surface area contributed by atoms with Crippen molar-refractivity contribution >= 4 is 11.7 Å². The Morgan fingerprint density at radius 2 is 2.27 bits per heavy atom. The number of hydrogen-bond donors (Lipinski definition) is 2. The lowest BCUT2D eigenvalue weighted by Crippen LogP contribution is -2.37. The van der Waals surface area contributed by atoms with Gasteiger partial charge in [-0.2, -0.15) is 5.10 Å². The maximum absolute atomic E-state index is 13.1. The molecule has 2 aromatic heterocycles. The van der Waals surface area contributed by atoms with E-state index in [1.54, 1.807) is 10.9 Å². The SMILES string of the molecule is CC1CCC(C(C)C)C(C(=O)Nc2cc(-c3ccco3)nn2CCN)C1. The number of aromatic nitrogens is 2. The first kappa shape index (κ1) is 18.7. The Morgan fingerprint density at radius 3 is 2.92 bits per heavy atom. The van der Waals surface area contributed by atoms with Gasteiger partial charge in [0.05, 0.1) is 12.8 Å². The van der Waals surface area contributed by atoms with Gasteiger partial charge in [0.1, 0.15) is 11.5 Å². The predicted octanol–water partition coefficient (Wildman–Crippen LogP) is 3.75. The minimum atomic E-state index is 0.0482. The molecule has 0 aromatic carbocycles. The first-order valence-electron chi connectivity index (χ1n) is 9.62. The highest BCUT2D eigenvalue weighted by Gasteiger charge is 2.35. The van der Waals surface area contributed by atoms with E-state index in [4.69, 9.17) is 10.2 Å². The highest BCUT2D eigenvalue weighted by atomic mass is 16.3. The molecule has 6 nitrogen and oxygen atoms in total. The van der Waals surface area contributed by atoms with Crippen LogP contribution in [-0.4, -0.2) is 22.2 Å². The van der Waals surface area contributed by atoms with E-state index in [0.717, 1.165) is 12.8 Å². The van der Waals surface area contributed by atoms with Gasteiger partial charge in [-0.3, -0.25) is 4.79 Å². The third kappa shape index (κ3) is 4.01. The molecule has 142 valence electrons. The summed E-state index contributed by atoms with van der Waals surface area (Å²) >= 11 is 0. The molecule has 26 heavy (non-hydrogen) atoms. The van der Waals surface area contributed by atoms with Crippen molar-refractivity contribution in [1.82, 2.24) is 9.78 Å². The molecule has 0 spiro atoms. The molecule has 2 aromatic rings. The third-order valence-corrected chi connectivity index (χ3v) is 5.50. The van der Waals surface area contributed by atoms with E-state index in [0.29, 0.717) is 48.1 Å². The summed E-state index contributed by atoms with van der Waals surface area (Å²) in [6, 6.07) is 5.55. The molecule has 0 saturated heterocycles. The second kappa shape index (κ2) is 8.08. The number of carbonyl (C=O) groups is 1. The number of nitrogens with two attached hydrogens (primary N) is 1. The number of nitrogens with one attached hydrogen (secondary N) is 1. The Labute approximate surface area is 155 Å². The van der Waals surface area contributed by atoms with Crippen LogP contribution in [0.15, 0.2) is 28.9 Å². The van der Waals surface area contributed by atoms with Crippen LogP contribution in [0, 0.1) is 23.7 Å². The molecular weight excluding hydrogens is 328 g/mol. The molecule has 2 heterocycles. The molecule has 0 radical (unpaired) electrons. The van der Waals surface area contributed by atoms with Gasteiger partial charge in [0.2, 0.25) is 5.91 Å². The van der Waals surface area contributed by atoms with E-state index in [1.165, 1.54) is 6.42 Å². The van der Waals surface area contributed by atoms with Crippen LogP contribution >= 0.6 is 0 Å². The average Bonchev–Trinajstić information content (AvgIpc) is 3.25. The van der Waals surface area contributed by atoms with Crippen molar-refractivity contribution in [3.63, 3.8) is 0 Å². The van der Waals surface area contributed by atoms with Gasteiger partial charge in [-0.15, -0.1) is 0 Å². The van der Waals surface area contributed by atoms with E-state index in [1.807, 2.05) is 18.2 Å². The zero-order chi connectivity index (χ0) is 18.7. The van der Waals surface area contributed by atoms with Crippen molar-refractivity contribution in [2.24, 2.45) is 29.4 Å². The number of amides is 1. The monoisotopic (exact) mass is 358 g/mol. The molecule has 1 saturated carbocycles. The average molecular weight is 358 g/mol. The van der Waals surface area contributed by atoms with E-state index < -0.39 is 0 Å². The van der Waals surface area contributed by atoms with Crippen LogP contribution in [0.2, 0.25) is 0 Å². The zero-order valence-corrected chi connectivity index (χ0v) is 15.9. The van der Waals surface area contributed by atoms with Gasteiger partial charge >= 0.3 is 0 Å². The molecule has 3 atom stereocenters. The van der Waals surface area contributed by atoms with Crippen LogP contribution in [-0.2, 0) is 11.3 Å². The summed E-state index contributed by atoms with van der Waals surface area (Å²) in [5.41, 5.74) is 6.42. The topological polar surface area (TPSA) is 86.1 Å². The first-order chi connectivity index (χ1) is 12.5. The summed E-state index contributed by atoms with van der Waals surface area (Å²) in [6.45, 7) is 7.68. The first-order valence-corrected chi connectivity index (χ1v) is 9.62. The van der Waals surface area contributed by atoms with Crippen molar-refractivity contribution in [3.05, 3.63) is 24.5 Å². The van der Waals surface area contributed by atoms with Crippen LogP contribution in [0.4, 0.5) is 5.82 Å². The number of rotatable bonds is 6.